The Hall–Kier alpha value is -4.66. The number of nitrogens with one attached hydrogen (secondary N) is 1. The van der Waals surface area contributed by atoms with E-state index in [1.165, 1.54) is 0 Å². The number of anilines is 3. The van der Waals surface area contributed by atoms with Crippen molar-refractivity contribution in [3.8, 4) is 0 Å². The molecule has 55 heavy (non-hydrogen) atoms. The van der Waals surface area contributed by atoms with Gasteiger partial charge in [-0.1, -0.05) is 0 Å². The lowest BCUT2D eigenvalue weighted by Gasteiger charge is -2.46. The SMILES string of the molecule is CN(Cc1cnc2nc(N)nc(N)c2n1)c1ccc(C(=O)NCCOCCOC2O[C@@H](CO)[C@@H](O)[C@H](O)[C@@H]2O[C@H]2O[C@H](CO)[C@@H](O)[C@H](OC(N)=O)[C@@H]2O)cc1. The number of benzene rings is 1. The van der Waals surface area contributed by atoms with Crippen LogP contribution in [0.25, 0.3) is 11.2 Å². The van der Waals surface area contributed by atoms with Gasteiger partial charge < -0.3 is 86.5 Å². The number of aromatic nitrogens is 4. The summed E-state index contributed by atoms with van der Waals surface area (Å²) in [5.74, 6) is -0.200. The number of aliphatic hydroxyl groups excluding tert-OH is 6. The normalized spacial score (nSPS) is 28.1. The summed E-state index contributed by atoms with van der Waals surface area (Å²) in [6.07, 6.45) is -15.8. The lowest BCUT2D eigenvalue weighted by atomic mass is 9.97. The molecule has 0 spiro atoms. The second-order valence-electron chi connectivity index (χ2n) is 12.6. The molecule has 0 radical (unpaired) electrons. The molecule has 2 aromatic heterocycles. The van der Waals surface area contributed by atoms with Crippen molar-refractivity contribution in [3.63, 3.8) is 0 Å². The monoisotopic (exact) mass is 779 g/mol. The van der Waals surface area contributed by atoms with Crippen molar-refractivity contribution in [1.29, 1.82) is 0 Å². The summed E-state index contributed by atoms with van der Waals surface area (Å²) >= 11 is 0. The summed E-state index contributed by atoms with van der Waals surface area (Å²) < 4.78 is 32.6. The largest absolute Gasteiger partial charge is 0.441 e. The fourth-order valence-electron chi connectivity index (χ4n) is 5.85. The molecular formula is C32H45N9O14. The molecule has 302 valence electrons. The molecule has 5 rings (SSSR count). The first-order chi connectivity index (χ1) is 26.3. The van der Waals surface area contributed by atoms with Gasteiger partial charge in [0.25, 0.3) is 5.91 Å². The number of primary amides is 1. The lowest BCUT2D eigenvalue weighted by molar-refractivity contribution is -0.367. The van der Waals surface area contributed by atoms with Gasteiger partial charge in [-0.3, -0.25) is 4.79 Å². The number of aliphatic hydroxyl groups is 6. The van der Waals surface area contributed by atoms with Crippen LogP contribution >= 0.6 is 0 Å². The van der Waals surface area contributed by atoms with Gasteiger partial charge in [0, 0.05) is 24.8 Å². The molecule has 4 heterocycles. The summed E-state index contributed by atoms with van der Waals surface area (Å²) in [6.45, 7) is -1.04. The first kappa shape index (κ1) is 41.5. The van der Waals surface area contributed by atoms with Gasteiger partial charge in [-0.15, -0.1) is 0 Å². The van der Waals surface area contributed by atoms with Gasteiger partial charge in [0.1, 0.15) is 42.7 Å². The predicted molar refractivity (Wildman–Crippen MR) is 186 cm³/mol. The standard InChI is InChI=1S/C32H45N9O14/c1-41(11-15-10-37-27-19(38-15)26(33)39-31(34)40-27)16-4-2-14(3-5-16)28(48)36-6-7-50-8-9-51-30-25(22(46)20(44)17(12-42)53-30)54-29-23(47)24(55-32(35)49)21(45)18(13-43)52-29/h2-5,10,17-18,20-25,29-30,42-47H,6-9,11-13H2,1H3,(H2,35,49)(H,36,48)(H4,33,34,37,39,40)/t17-,18+,20+,21+,22-,23-,24-,25-,29+,30?/m0/s1. The number of rotatable bonds is 16. The third-order valence-electron chi connectivity index (χ3n) is 8.70. The minimum absolute atomic E-state index is 0.00840. The molecule has 1 unspecified atom stereocenters. The highest BCUT2D eigenvalue weighted by Crippen LogP contribution is 2.30. The van der Waals surface area contributed by atoms with E-state index in [4.69, 9.17) is 45.6 Å². The van der Waals surface area contributed by atoms with Crippen molar-refractivity contribution in [2.75, 3.05) is 63.0 Å². The zero-order valence-electron chi connectivity index (χ0n) is 29.5. The Balaban J connectivity index is 1.07. The minimum atomic E-state index is -1.86. The Labute approximate surface area is 312 Å². The van der Waals surface area contributed by atoms with Crippen LogP contribution in [0.1, 0.15) is 16.1 Å². The number of carbonyl (C=O) groups excluding carboxylic acids is 2. The van der Waals surface area contributed by atoms with Crippen LogP contribution in [0.5, 0.6) is 0 Å². The molecular weight excluding hydrogens is 734 g/mol. The van der Waals surface area contributed by atoms with Crippen LogP contribution in [0.2, 0.25) is 0 Å². The number of amides is 2. The molecule has 3 aromatic rings. The average Bonchev–Trinajstić information content (AvgIpc) is 3.16. The third kappa shape index (κ3) is 10.2. The second kappa shape index (κ2) is 18.8. The smallest absolute Gasteiger partial charge is 0.404 e. The molecule has 23 heteroatoms. The van der Waals surface area contributed by atoms with E-state index in [9.17, 15) is 40.2 Å². The summed E-state index contributed by atoms with van der Waals surface area (Å²) in [4.78, 5) is 42.7. The second-order valence-corrected chi connectivity index (χ2v) is 12.6. The molecule has 2 amide bonds. The molecule has 10 atom stereocenters. The third-order valence-corrected chi connectivity index (χ3v) is 8.70. The maximum atomic E-state index is 12.7. The van der Waals surface area contributed by atoms with Crippen LogP contribution in [0.4, 0.5) is 22.2 Å². The molecule has 13 N–H and O–H groups in total. The van der Waals surface area contributed by atoms with Crippen LogP contribution < -0.4 is 27.4 Å². The number of hydrogen-bond acceptors (Lipinski definition) is 21. The Kier molecular flexibility index (Phi) is 14.2. The molecule has 2 fully saturated rings. The summed E-state index contributed by atoms with van der Waals surface area (Å²) in [7, 11) is 1.85. The maximum absolute atomic E-state index is 12.7. The van der Waals surface area contributed by atoms with Gasteiger partial charge in [0.2, 0.25) is 5.95 Å². The Bertz CT molecular complexity index is 1750. The van der Waals surface area contributed by atoms with Crippen molar-refractivity contribution in [2.45, 2.75) is 68.0 Å². The zero-order valence-corrected chi connectivity index (χ0v) is 29.5. The number of nitrogens with two attached hydrogens (primary N) is 3. The van der Waals surface area contributed by atoms with Gasteiger partial charge in [0.05, 0.1) is 51.5 Å². The fraction of sp³-hybridized carbons (Fsp3) is 0.562. The number of carbonyl (C=O) groups is 2. The Morgan fingerprint density at radius 3 is 2.25 bits per heavy atom. The van der Waals surface area contributed by atoms with Crippen LogP contribution in [0.3, 0.4) is 0 Å². The Morgan fingerprint density at radius 1 is 0.873 bits per heavy atom. The minimum Gasteiger partial charge on any atom is -0.441 e. The van der Waals surface area contributed by atoms with E-state index >= 15 is 0 Å². The van der Waals surface area contributed by atoms with Crippen molar-refractivity contribution in [3.05, 3.63) is 41.7 Å². The van der Waals surface area contributed by atoms with Gasteiger partial charge in [-0.05, 0) is 24.3 Å². The van der Waals surface area contributed by atoms with Crippen molar-refractivity contribution >= 4 is 40.6 Å². The first-order valence-corrected chi connectivity index (χ1v) is 17.0. The van der Waals surface area contributed by atoms with Crippen molar-refractivity contribution in [2.24, 2.45) is 5.73 Å². The highest BCUT2D eigenvalue weighted by atomic mass is 16.8. The molecule has 0 aliphatic carbocycles. The van der Waals surface area contributed by atoms with E-state index in [1.807, 2.05) is 11.9 Å². The van der Waals surface area contributed by atoms with E-state index < -0.39 is 80.7 Å². The predicted octanol–water partition coefficient (Wildman–Crippen LogP) is -4.29. The summed E-state index contributed by atoms with van der Waals surface area (Å²) in [5.41, 5.74) is 19.1. The van der Waals surface area contributed by atoms with E-state index in [-0.39, 0.29) is 44.0 Å². The zero-order chi connectivity index (χ0) is 39.8. The number of nitrogens with zero attached hydrogens (tertiary/aromatic N) is 5. The van der Waals surface area contributed by atoms with Gasteiger partial charge >= 0.3 is 6.09 Å². The quantitative estimate of drug-likeness (QED) is 0.0615. The molecule has 0 saturated carbocycles. The van der Waals surface area contributed by atoms with Gasteiger partial charge in [-0.2, -0.15) is 9.97 Å². The molecule has 2 saturated heterocycles. The van der Waals surface area contributed by atoms with Crippen LogP contribution in [0.15, 0.2) is 30.5 Å². The van der Waals surface area contributed by atoms with Crippen molar-refractivity contribution < 1.29 is 68.6 Å². The molecule has 1 aromatic carbocycles. The fourth-order valence-corrected chi connectivity index (χ4v) is 5.85. The maximum Gasteiger partial charge on any atom is 0.404 e. The average molecular weight is 780 g/mol. The number of hydrogen-bond donors (Lipinski definition) is 10. The van der Waals surface area contributed by atoms with E-state index in [2.05, 4.69) is 25.3 Å². The van der Waals surface area contributed by atoms with Crippen LogP contribution in [-0.2, 0) is 35.0 Å². The molecule has 2 aliphatic rings. The molecule has 2 aliphatic heterocycles. The summed E-state index contributed by atoms with van der Waals surface area (Å²) in [5, 5.41) is 64.3. The topological polar surface area (TPSA) is 356 Å². The highest BCUT2D eigenvalue weighted by Gasteiger charge is 2.52. The summed E-state index contributed by atoms with van der Waals surface area (Å²) in [6, 6.07) is 6.89. The Morgan fingerprint density at radius 2 is 1.56 bits per heavy atom. The van der Waals surface area contributed by atoms with Crippen LogP contribution in [0, 0.1) is 0 Å². The number of fused-ring (bicyclic) bond motifs is 1. The number of nitrogen functional groups attached to an aromatic ring is 2. The molecule has 0 bridgehead atoms. The van der Waals surface area contributed by atoms with Gasteiger partial charge in [-0.25, -0.2) is 14.8 Å². The highest BCUT2D eigenvalue weighted by molar-refractivity contribution is 5.94. The van der Waals surface area contributed by atoms with E-state index in [0.29, 0.717) is 29.0 Å². The van der Waals surface area contributed by atoms with Crippen molar-refractivity contribution in [1.82, 2.24) is 25.3 Å². The van der Waals surface area contributed by atoms with E-state index in [0.717, 1.165) is 5.69 Å². The van der Waals surface area contributed by atoms with E-state index in [1.54, 1.807) is 30.5 Å². The first-order valence-electron chi connectivity index (χ1n) is 17.0. The lowest BCUT2D eigenvalue weighted by Crippen LogP contribution is -2.65. The molecule has 23 nitrogen and oxygen atoms in total. The number of ether oxygens (including phenoxy) is 6. The van der Waals surface area contributed by atoms with Crippen LogP contribution in [-0.4, -0.2) is 171 Å². The van der Waals surface area contributed by atoms with Gasteiger partial charge in [0.15, 0.2) is 35.7 Å².